The van der Waals surface area contributed by atoms with Gasteiger partial charge in [-0.25, -0.2) is 0 Å². The summed E-state index contributed by atoms with van der Waals surface area (Å²) in [7, 11) is 0. The second-order valence-electron chi connectivity index (χ2n) is 4.72. The van der Waals surface area contributed by atoms with E-state index < -0.39 is 11.9 Å². The molecule has 7 heteroatoms. The first kappa shape index (κ1) is 18.1. The van der Waals surface area contributed by atoms with Crippen molar-refractivity contribution in [2.24, 2.45) is 5.92 Å². The van der Waals surface area contributed by atoms with Crippen LogP contribution in [-0.2, 0) is 14.3 Å². The highest BCUT2D eigenvalue weighted by atomic mass is 35.5. The first-order valence-electron chi connectivity index (χ1n) is 6.31. The van der Waals surface area contributed by atoms with E-state index in [1.54, 1.807) is 0 Å². The number of esters is 2. The van der Waals surface area contributed by atoms with Gasteiger partial charge in [0.05, 0.1) is 29.5 Å². The van der Waals surface area contributed by atoms with Crippen molar-refractivity contribution >= 4 is 46.7 Å². The summed E-state index contributed by atoms with van der Waals surface area (Å²) in [6.45, 7) is 4.16. The first-order chi connectivity index (χ1) is 9.81. The van der Waals surface area contributed by atoms with Crippen molar-refractivity contribution in [3.05, 3.63) is 27.2 Å². The van der Waals surface area contributed by atoms with E-state index in [4.69, 9.17) is 44.3 Å². The molecule has 0 saturated carbocycles. The van der Waals surface area contributed by atoms with E-state index in [1.807, 2.05) is 13.8 Å². The van der Waals surface area contributed by atoms with Gasteiger partial charge in [0.15, 0.2) is 5.75 Å². The Kier molecular flexibility index (Phi) is 7.29. The van der Waals surface area contributed by atoms with Crippen molar-refractivity contribution in [1.29, 1.82) is 0 Å². The highest BCUT2D eigenvalue weighted by Crippen LogP contribution is 2.38. The second kappa shape index (κ2) is 8.47. The zero-order valence-corrected chi connectivity index (χ0v) is 13.9. The van der Waals surface area contributed by atoms with Crippen LogP contribution >= 0.6 is 34.8 Å². The molecule has 0 heterocycles. The zero-order valence-electron chi connectivity index (χ0n) is 11.6. The summed E-state index contributed by atoms with van der Waals surface area (Å²) in [5, 5.41) is 0.445. The smallest absolute Gasteiger partial charge is 0.311 e. The van der Waals surface area contributed by atoms with Crippen LogP contribution in [0.25, 0.3) is 0 Å². The Morgan fingerprint density at radius 2 is 1.62 bits per heavy atom. The maximum atomic E-state index is 11.7. The van der Waals surface area contributed by atoms with Crippen LogP contribution < -0.4 is 4.74 Å². The maximum Gasteiger partial charge on any atom is 0.311 e. The highest BCUT2D eigenvalue weighted by molar-refractivity contribution is 6.44. The Balaban J connectivity index is 2.52. The van der Waals surface area contributed by atoms with Gasteiger partial charge in [-0.3, -0.25) is 9.59 Å². The molecular formula is C14H15Cl3O4. The van der Waals surface area contributed by atoms with Crippen molar-refractivity contribution in [2.45, 2.75) is 26.7 Å². The molecule has 0 amide bonds. The van der Waals surface area contributed by atoms with E-state index in [9.17, 15) is 9.59 Å². The summed E-state index contributed by atoms with van der Waals surface area (Å²) in [4.78, 5) is 23.1. The Hall–Kier alpha value is -0.970. The minimum absolute atomic E-state index is 0.00798. The topological polar surface area (TPSA) is 52.6 Å². The quantitative estimate of drug-likeness (QED) is 0.428. The summed E-state index contributed by atoms with van der Waals surface area (Å²) in [5.74, 6) is -0.858. The molecule has 1 rings (SSSR count). The number of rotatable bonds is 6. The molecule has 0 aliphatic carbocycles. The average Bonchev–Trinajstić information content (AvgIpc) is 2.43. The number of hydrogen-bond donors (Lipinski definition) is 0. The Morgan fingerprint density at radius 3 is 2.24 bits per heavy atom. The van der Waals surface area contributed by atoms with Crippen LogP contribution in [0.1, 0.15) is 26.7 Å². The molecule has 116 valence electrons. The third-order valence-corrected chi connectivity index (χ3v) is 3.41. The molecule has 0 unspecified atom stereocenters. The number of ether oxygens (including phenoxy) is 2. The summed E-state index contributed by atoms with van der Waals surface area (Å²) < 4.78 is 9.99. The summed E-state index contributed by atoms with van der Waals surface area (Å²) in [6, 6.07) is 2.96. The Morgan fingerprint density at radius 1 is 1.05 bits per heavy atom. The van der Waals surface area contributed by atoms with Gasteiger partial charge < -0.3 is 9.47 Å². The lowest BCUT2D eigenvalue weighted by Gasteiger charge is -2.09. The van der Waals surface area contributed by atoms with Gasteiger partial charge in [0.25, 0.3) is 0 Å². The van der Waals surface area contributed by atoms with Crippen molar-refractivity contribution in [2.75, 3.05) is 6.61 Å². The number of halogens is 3. The van der Waals surface area contributed by atoms with Gasteiger partial charge in [-0.05, 0) is 18.1 Å². The number of benzene rings is 1. The standard InChI is InChI=1S/C14H15Cl3O4/c1-8(2)7-20-11(18)5-6-12(19)21-14-10(16)4-3-9(15)13(14)17/h3-4,8H,5-7H2,1-2H3. The van der Waals surface area contributed by atoms with Crippen molar-refractivity contribution in [3.8, 4) is 5.75 Å². The lowest BCUT2D eigenvalue weighted by atomic mass is 10.2. The predicted molar refractivity (Wildman–Crippen MR) is 82.1 cm³/mol. The van der Waals surface area contributed by atoms with Crippen molar-refractivity contribution in [1.82, 2.24) is 0 Å². The highest BCUT2D eigenvalue weighted by Gasteiger charge is 2.16. The van der Waals surface area contributed by atoms with Crippen LogP contribution in [0.4, 0.5) is 0 Å². The Bertz CT molecular complexity index is 529. The van der Waals surface area contributed by atoms with E-state index in [1.165, 1.54) is 12.1 Å². The molecule has 0 saturated heterocycles. The van der Waals surface area contributed by atoms with Gasteiger partial charge in [0.2, 0.25) is 0 Å². The summed E-state index contributed by atoms with van der Waals surface area (Å²) in [5.41, 5.74) is 0. The van der Waals surface area contributed by atoms with E-state index in [2.05, 4.69) is 0 Å². The lowest BCUT2D eigenvalue weighted by Crippen LogP contribution is -2.14. The van der Waals surface area contributed by atoms with Gasteiger partial charge in [0, 0.05) is 0 Å². The summed E-state index contributed by atoms with van der Waals surface area (Å²) in [6.07, 6.45) is -0.197. The molecule has 4 nitrogen and oxygen atoms in total. The van der Waals surface area contributed by atoms with Crippen LogP contribution in [0.2, 0.25) is 15.1 Å². The second-order valence-corrected chi connectivity index (χ2v) is 5.92. The van der Waals surface area contributed by atoms with E-state index >= 15 is 0 Å². The van der Waals surface area contributed by atoms with Crippen LogP contribution in [0.5, 0.6) is 5.75 Å². The molecule has 0 N–H and O–H groups in total. The van der Waals surface area contributed by atoms with Crippen molar-refractivity contribution < 1.29 is 19.1 Å². The molecule has 0 aliphatic heterocycles. The van der Waals surface area contributed by atoms with Gasteiger partial charge in [-0.1, -0.05) is 48.7 Å². The third-order valence-electron chi connectivity index (χ3n) is 2.33. The molecule has 0 radical (unpaired) electrons. The number of hydrogen-bond acceptors (Lipinski definition) is 4. The SMILES string of the molecule is CC(C)COC(=O)CCC(=O)Oc1c(Cl)ccc(Cl)c1Cl. The lowest BCUT2D eigenvalue weighted by molar-refractivity contribution is -0.147. The normalized spacial score (nSPS) is 10.6. The fourth-order valence-corrected chi connectivity index (χ4v) is 1.90. The first-order valence-corrected chi connectivity index (χ1v) is 7.44. The molecule has 0 fully saturated rings. The molecule has 0 bridgehead atoms. The van der Waals surface area contributed by atoms with E-state index in [-0.39, 0.29) is 39.6 Å². The maximum absolute atomic E-state index is 11.7. The molecule has 0 spiro atoms. The number of carbonyl (C=O) groups is 2. The molecular weight excluding hydrogens is 339 g/mol. The van der Waals surface area contributed by atoms with Crippen molar-refractivity contribution in [3.63, 3.8) is 0 Å². The third kappa shape index (κ3) is 6.12. The average molecular weight is 354 g/mol. The van der Waals surface area contributed by atoms with Crippen LogP contribution in [0.15, 0.2) is 12.1 Å². The zero-order chi connectivity index (χ0) is 16.0. The fourth-order valence-electron chi connectivity index (χ4n) is 1.30. The predicted octanol–water partition coefficient (Wildman–Crippen LogP) is 4.53. The van der Waals surface area contributed by atoms with Crippen LogP contribution in [0.3, 0.4) is 0 Å². The largest absolute Gasteiger partial charge is 0.465 e. The fraction of sp³-hybridized carbons (Fsp3) is 0.429. The minimum Gasteiger partial charge on any atom is -0.465 e. The van der Waals surface area contributed by atoms with E-state index in [0.717, 1.165) is 0 Å². The Labute approximate surface area is 138 Å². The van der Waals surface area contributed by atoms with Crippen LogP contribution in [0, 0.1) is 5.92 Å². The monoisotopic (exact) mass is 352 g/mol. The molecule has 1 aromatic carbocycles. The van der Waals surface area contributed by atoms with Gasteiger partial charge in [-0.15, -0.1) is 0 Å². The number of carbonyl (C=O) groups excluding carboxylic acids is 2. The van der Waals surface area contributed by atoms with Gasteiger partial charge in [-0.2, -0.15) is 0 Å². The van der Waals surface area contributed by atoms with Gasteiger partial charge >= 0.3 is 11.9 Å². The van der Waals surface area contributed by atoms with Gasteiger partial charge in [0.1, 0.15) is 5.02 Å². The molecule has 21 heavy (non-hydrogen) atoms. The molecule has 0 aliphatic rings. The summed E-state index contributed by atoms with van der Waals surface area (Å²) >= 11 is 17.6. The van der Waals surface area contributed by atoms with E-state index in [0.29, 0.717) is 6.61 Å². The minimum atomic E-state index is -0.637. The molecule has 0 aromatic heterocycles. The molecule has 0 atom stereocenters. The van der Waals surface area contributed by atoms with Crippen LogP contribution in [-0.4, -0.2) is 18.5 Å². The molecule has 1 aromatic rings.